The molecule has 260 valence electrons. The minimum Gasteiger partial charge on any atom is -0.507 e. The van der Waals surface area contributed by atoms with E-state index in [4.69, 9.17) is 15.8 Å². The molecule has 0 spiro atoms. The molecule has 2 aliphatic rings. The molecule has 0 bridgehead atoms. The van der Waals surface area contributed by atoms with E-state index in [1.54, 1.807) is 18.3 Å². The molecular weight excluding hydrogens is 640 g/mol. The van der Waals surface area contributed by atoms with Crippen molar-refractivity contribution in [3.63, 3.8) is 0 Å². The molecule has 2 fully saturated rings. The van der Waals surface area contributed by atoms with Gasteiger partial charge in [0.2, 0.25) is 0 Å². The first-order chi connectivity index (χ1) is 24.9. The van der Waals surface area contributed by atoms with Crippen molar-refractivity contribution in [3.8, 4) is 28.1 Å². The van der Waals surface area contributed by atoms with Crippen LogP contribution in [0.15, 0.2) is 79.3 Å². The molecular formula is C40H42N8O3. The SMILES string of the molecule is Nc1nnc(-c2ccccc2O)cc1-c1cnn(C2CCN(CCCCCc3cccc4c3c3cccnc3n4C3CCC(=O)CC3=O)CC2)c1. The second kappa shape index (κ2) is 14.1. The number of nitrogens with two attached hydrogens (primary N) is 1. The van der Waals surface area contributed by atoms with E-state index < -0.39 is 0 Å². The van der Waals surface area contributed by atoms with Crippen LogP contribution in [0.3, 0.4) is 0 Å². The van der Waals surface area contributed by atoms with Gasteiger partial charge < -0.3 is 20.3 Å². The number of phenolic OH excluding ortho intramolecular Hbond substituents is 1. The number of hydrogen-bond donors (Lipinski definition) is 2. The fourth-order valence-corrected chi connectivity index (χ4v) is 8.02. The first kappa shape index (κ1) is 32.8. The molecule has 11 nitrogen and oxygen atoms in total. The van der Waals surface area contributed by atoms with E-state index in [2.05, 4.69) is 48.6 Å². The number of hydrogen-bond acceptors (Lipinski definition) is 9. The minimum atomic E-state index is -0.339. The summed E-state index contributed by atoms with van der Waals surface area (Å²) in [5.74, 6) is 0.510. The number of anilines is 1. The monoisotopic (exact) mass is 682 g/mol. The van der Waals surface area contributed by atoms with E-state index in [-0.39, 0.29) is 29.8 Å². The number of nitrogens with zero attached hydrogens (tertiary/aromatic N) is 7. The molecule has 8 rings (SSSR count). The van der Waals surface area contributed by atoms with Crippen molar-refractivity contribution in [2.45, 2.75) is 69.9 Å². The summed E-state index contributed by atoms with van der Waals surface area (Å²) in [7, 11) is 0. The molecule has 6 aromatic rings. The molecule has 1 saturated carbocycles. The van der Waals surface area contributed by atoms with Crippen molar-refractivity contribution >= 4 is 39.3 Å². The number of phenols is 1. The molecule has 51 heavy (non-hydrogen) atoms. The average Bonchev–Trinajstić information content (AvgIpc) is 3.77. The molecule has 3 N–H and O–H groups in total. The number of nitrogen functional groups attached to an aromatic ring is 1. The second-order valence-corrected chi connectivity index (χ2v) is 13.9. The highest BCUT2D eigenvalue weighted by Gasteiger charge is 2.31. The Morgan fingerprint density at radius 2 is 1.76 bits per heavy atom. The number of para-hydroxylation sites is 1. The maximum Gasteiger partial charge on any atom is 0.163 e. The smallest absolute Gasteiger partial charge is 0.163 e. The zero-order valence-electron chi connectivity index (χ0n) is 28.6. The fourth-order valence-electron chi connectivity index (χ4n) is 8.02. The lowest BCUT2D eigenvalue weighted by atomic mass is 9.92. The molecule has 1 atom stereocenters. The van der Waals surface area contributed by atoms with Crippen molar-refractivity contribution in [1.82, 2.24) is 34.4 Å². The van der Waals surface area contributed by atoms with Gasteiger partial charge >= 0.3 is 0 Å². The molecule has 0 amide bonds. The lowest BCUT2D eigenvalue weighted by Gasteiger charge is -2.32. The Labute approximate surface area is 296 Å². The average molecular weight is 683 g/mol. The van der Waals surface area contributed by atoms with E-state index in [9.17, 15) is 14.7 Å². The van der Waals surface area contributed by atoms with Crippen LogP contribution in [0.2, 0.25) is 0 Å². The molecule has 5 heterocycles. The topological polar surface area (TPSA) is 145 Å². The highest BCUT2D eigenvalue weighted by Crippen LogP contribution is 2.37. The maximum atomic E-state index is 13.0. The van der Waals surface area contributed by atoms with Crippen LogP contribution >= 0.6 is 0 Å². The number of aromatic hydroxyl groups is 1. The number of benzene rings is 2. The van der Waals surface area contributed by atoms with Crippen LogP contribution in [0.25, 0.3) is 44.3 Å². The molecule has 11 heteroatoms. The van der Waals surface area contributed by atoms with E-state index in [0.717, 1.165) is 85.8 Å². The van der Waals surface area contributed by atoms with E-state index >= 15 is 0 Å². The van der Waals surface area contributed by atoms with Crippen LogP contribution in [0.1, 0.15) is 69.0 Å². The number of fused-ring (bicyclic) bond motifs is 3. The van der Waals surface area contributed by atoms with Gasteiger partial charge in [0.25, 0.3) is 0 Å². The van der Waals surface area contributed by atoms with Crippen LogP contribution in [0, 0.1) is 0 Å². The van der Waals surface area contributed by atoms with Gasteiger partial charge in [-0.15, -0.1) is 10.2 Å². The van der Waals surface area contributed by atoms with Gasteiger partial charge in [0.05, 0.1) is 35.9 Å². The largest absolute Gasteiger partial charge is 0.507 e. The fraction of sp³-hybridized carbons (Fsp3) is 0.350. The first-order valence-corrected chi connectivity index (χ1v) is 18.0. The minimum absolute atomic E-state index is 0.00705. The van der Waals surface area contributed by atoms with Crippen molar-refractivity contribution < 1.29 is 14.7 Å². The van der Waals surface area contributed by atoms with Crippen LogP contribution in [-0.2, 0) is 16.0 Å². The summed E-state index contributed by atoms with van der Waals surface area (Å²) in [5.41, 5.74) is 12.2. The Hall–Kier alpha value is -5.42. The Balaban J connectivity index is 0.857. The Kier molecular flexibility index (Phi) is 9.04. The molecule has 0 radical (unpaired) electrons. The normalized spacial score (nSPS) is 17.5. The number of aromatic nitrogens is 6. The summed E-state index contributed by atoms with van der Waals surface area (Å²) < 4.78 is 4.15. The molecule has 1 aliphatic carbocycles. The molecule has 4 aromatic heterocycles. The lowest BCUT2D eigenvalue weighted by Crippen LogP contribution is -2.35. The van der Waals surface area contributed by atoms with Crippen LogP contribution in [0.5, 0.6) is 5.75 Å². The summed E-state index contributed by atoms with van der Waals surface area (Å²) in [5, 5.41) is 25.6. The molecule has 1 unspecified atom stereocenters. The molecule has 2 aromatic carbocycles. The van der Waals surface area contributed by atoms with Gasteiger partial charge in [0.1, 0.15) is 17.2 Å². The second-order valence-electron chi connectivity index (χ2n) is 13.9. The number of aryl methyl sites for hydroxylation is 1. The highest BCUT2D eigenvalue weighted by molar-refractivity contribution is 6.11. The predicted octanol–water partition coefficient (Wildman–Crippen LogP) is 6.71. The quantitative estimate of drug-likeness (QED) is 0.119. The van der Waals surface area contributed by atoms with Gasteiger partial charge in [-0.1, -0.05) is 30.7 Å². The summed E-state index contributed by atoms with van der Waals surface area (Å²) in [6.45, 7) is 3.16. The zero-order valence-corrected chi connectivity index (χ0v) is 28.6. The predicted molar refractivity (Wildman–Crippen MR) is 197 cm³/mol. The maximum absolute atomic E-state index is 13.0. The third kappa shape index (κ3) is 6.49. The van der Waals surface area contributed by atoms with E-state index in [1.807, 2.05) is 36.7 Å². The third-order valence-corrected chi connectivity index (χ3v) is 10.7. The summed E-state index contributed by atoms with van der Waals surface area (Å²) in [4.78, 5) is 32.2. The Bertz CT molecular complexity index is 2230. The number of pyridine rings is 1. The third-order valence-electron chi connectivity index (χ3n) is 10.7. The number of Topliss-reactive ketones (excluding diaryl/α,β-unsaturated/α-hetero) is 2. The summed E-state index contributed by atoms with van der Waals surface area (Å²) in [6.07, 6.45) is 13.1. The van der Waals surface area contributed by atoms with Gasteiger partial charge in [0.15, 0.2) is 11.6 Å². The zero-order chi connectivity index (χ0) is 34.9. The Morgan fingerprint density at radius 1 is 0.902 bits per heavy atom. The van der Waals surface area contributed by atoms with Gasteiger partial charge in [-0.3, -0.25) is 14.3 Å². The van der Waals surface area contributed by atoms with Crippen molar-refractivity contribution in [3.05, 3.63) is 84.8 Å². The number of rotatable bonds is 10. The van der Waals surface area contributed by atoms with Crippen LogP contribution < -0.4 is 5.73 Å². The summed E-state index contributed by atoms with van der Waals surface area (Å²) in [6, 6.07) is 19.4. The molecule has 1 aliphatic heterocycles. The standard InChI is InChI=1S/C40H42N8O3/c41-39-32(23-33(44-45-39)30-10-3-4-13-36(30)50)27-24-43-47(25-27)28-16-20-46(21-17-28)19-5-1-2-8-26-9-6-12-35-38(26)31-11-7-18-42-40(31)48(35)34-15-14-29(49)22-37(34)51/h3-4,6-7,9-13,18,23-25,28,34,50H,1-2,5,8,14-17,19-22H2,(H2,41,45). The summed E-state index contributed by atoms with van der Waals surface area (Å²) >= 11 is 0. The number of carbonyl (C=O) groups is 2. The van der Waals surface area contributed by atoms with E-state index in [0.29, 0.717) is 36.0 Å². The number of likely N-dealkylation sites (tertiary alicyclic amines) is 1. The number of piperidine rings is 1. The van der Waals surface area contributed by atoms with Gasteiger partial charge in [0, 0.05) is 59.4 Å². The van der Waals surface area contributed by atoms with Crippen LogP contribution in [0.4, 0.5) is 5.82 Å². The van der Waals surface area contributed by atoms with E-state index in [1.165, 1.54) is 10.9 Å². The molecule has 1 saturated heterocycles. The first-order valence-electron chi connectivity index (χ1n) is 18.0. The number of ketones is 2. The van der Waals surface area contributed by atoms with Crippen LogP contribution in [-0.4, -0.2) is 70.7 Å². The van der Waals surface area contributed by atoms with Gasteiger partial charge in [-0.25, -0.2) is 4.98 Å². The van der Waals surface area contributed by atoms with Crippen molar-refractivity contribution in [1.29, 1.82) is 0 Å². The Morgan fingerprint density at radius 3 is 2.61 bits per heavy atom. The highest BCUT2D eigenvalue weighted by atomic mass is 16.3. The van der Waals surface area contributed by atoms with Gasteiger partial charge in [-0.05, 0) is 87.0 Å². The number of unbranched alkanes of at least 4 members (excludes halogenated alkanes) is 2. The van der Waals surface area contributed by atoms with Crippen molar-refractivity contribution in [2.24, 2.45) is 0 Å². The number of carbonyl (C=O) groups excluding carboxylic acids is 2. The van der Waals surface area contributed by atoms with Crippen molar-refractivity contribution in [2.75, 3.05) is 25.4 Å². The van der Waals surface area contributed by atoms with Gasteiger partial charge in [-0.2, -0.15) is 5.10 Å². The lowest BCUT2D eigenvalue weighted by molar-refractivity contribution is -0.131.